The molecule has 1 aromatic carbocycles. The Morgan fingerprint density at radius 1 is 1.24 bits per heavy atom. The molecule has 1 N–H and O–H groups in total. The van der Waals surface area contributed by atoms with Crippen LogP contribution in [0.15, 0.2) is 41.1 Å². The number of H-pyrrole nitrogens is 1. The zero-order valence-corrected chi connectivity index (χ0v) is 12.4. The predicted octanol–water partition coefficient (Wildman–Crippen LogP) is 3.99. The molecule has 3 nitrogen and oxygen atoms in total. The van der Waals surface area contributed by atoms with Gasteiger partial charge in [0, 0.05) is 19.8 Å². The van der Waals surface area contributed by atoms with Crippen LogP contribution in [0.1, 0.15) is 0 Å². The van der Waals surface area contributed by atoms with Gasteiger partial charge in [0.25, 0.3) is 0 Å². The van der Waals surface area contributed by atoms with Crippen molar-refractivity contribution in [1.29, 1.82) is 0 Å². The number of aromatic nitrogens is 3. The van der Waals surface area contributed by atoms with E-state index in [9.17, 15) is 0 Å². The average Bonchev–Trinajstić information content (AvgIpc) is 2.75. The van der Waals surface area contributed by atoms with Gasteiger partial charge in [0.1, 0.15) is 5.82 Å². The molecule has 84 valence electrons. The number of imidazole rings is 1. The molecule has 0 aliphatic rings. The van der Waals surface area contributed by atoms with Gasteiger partial charge in [-0.05, 0) is 46.9 Å². The number of hydrogen-bond acceptors (Lipinski definition) is 2. The molecule has 0 amide bonds. The van der Waals surface area contributed by atoms with Crippen LogP contribution in [0.4, 0.5) is 0 Å². The summed E-state index contributed by atoms with van der Waals surface area (Å²) in [7, 11) is 0. The fourth-order valence-electron chi connectivity index (χ4n) is 1.66. The molecule has 3 aromatic rings. The third-order valence-corrected chi connectivity index (χ3v) is 3.90. The van der Waals surface area contributed by atoms with Gasteiger partial charge in [0.15, 0.2) is 0 Å². The lowest BCUT2D eigenvalue weighted by Gasteiger charge is -2.01. The summed E-state index contributed by atoms with van der Waals surface area (Å²) in [4.78, 5) is 11.9. The summed E-state index contributed by atoms with van der Waals surface area (Å²) < 4.78 is 2.21. The first-order chi connectivity index (χ1) is 8.24. The Bertz CT molecular complexity index is 660. The van der Waals surface area contributed by atoms with Crippen LogP contribution in [0.25, 0.3) is 22.4 Å². The zero-order chi connectivity index (χ0) is 11.8. The standard InChI is InChI=1S/C12H7BrIN3/c13-7-1-2-9(14)8(5-7)12-16-10-3-4-15-6-11(10)17-12/h1-6H,(H,16,17). The van der Waals surface area contributed by atoms with Gasteiger partial charge in [-0.3, -0.25) is 4.98 Å². The normalized spacial score (nSPS) is 10.9. The molecule has 0 aliphatic carbocycles. The van der Waals surface area contributed by atoms with Crippen molar-refractivity contribution in [1.82, 2.24) is 15.0 Å². The molecule has 0 bridgehead atoms. The van der Waals surface area contributed by atoms with Gasteiger partial charge in [-0.2, -0.15) is 0 Å². The van der Waals surface area contributed by atoms with Crippen molar-refractivity contribution < 1.29 is 0 Å². The van der Waals surface area contributed by atoms with E-state index < -0.39 is 0 Å². The van der Waals surface area contributed by atoms with Gasteiger partial charge in [-0.15, -0.1) is 0 Å². The number of pyridine rings is 1. The molecular formula is C12H7BrIN3. The zero-order valence-electron chi connectivity index (χ0n) is 8.61. The largest absolute Gasteiger partial charge is 0.337 e. The van der Waals surface area contributed by atoms with Crippen LogP contribution in [0.2, 0.25) is 0 Å². The van der Waals surface area contributed by atoms with Crippen molar-refractivity contribution in [2.75, 3.05) is 0 Å². The van der Waals surface area contributed by atoms with Gasteiger partial charge in [-0.1, -0.05) is 15.9 Å². The van der Waals surface area contributed by atoms with Gasteiger partial charge in [0.2, 0.25) is 0 Å². The molecule has 0 spiro atoms. The van der Waals surface area contributed by atoms with Crippen LogP contribution >= 0.6 is 38.5 Å². The third kappa shape index (κ3) is 2.09. The lowest BCUT2D eigenvalue weighted by molar-refractivity contribution is 1.32. The summed E-state index contributed by atoms with van der Waals surface area (Å²) in [5.41, 5.74) is 2.99. The molecule has 5 heteroatoms. The number of benzene rings is 1. The minimum Gasteiger partial charge on any atom is -0.337 e. The second kappa shape index (κ2) is 4.38. The number of nitrogens with zero attached hydrogens (tertiary/aromatic N) is 2. The highest BCUT2D eigenvalue weighted by molar-refractivity contribution is 14.1. The highest BCUT2D eigenvalue weighted by Gasteiger charge is 2.08. The monoisotopic (exact) mass is 399 g/mol. The summed E-state index contributed by atoms with van der Waals surface area (Å²) in [6.45, 7) is 0. The fourth-order valence-corrected chi connectivity index (χ4v) is 2.62. The summed E-state index contributed by atoms with van der Waals surface area (Å²) in [5, 5.41) is 0. The maximum Gasteiger partial charge on any atom is 0.139 e. The summed E-state index contributed by atoms with van der Waals surface area (Å²) in [6, 6.07) is 8.05. The number of aromatic amines is 1. The fraction of sp³-hybridized carbons (Fsp3) is 0. The smallest absolute Gasteiger partial charge is 0.139 e. The Kier molecular flexibility index (Phi) is 2.87. The highest BCUT2D eigenvalue weighted by Crippen LogP contribution is 2.27. The van der Waals surface area contributed by atoms with Crippen LogP contribution in [-0.2, 0) is 0 Å². The molecule has 0 saturated heterocycles. The molecule has 0 fully saturated rings. The van der Waals surface area contributed by atoms with Crippen molar-refractivity contribution in [3.8, 4) is 11.4 Å². The van der Waals surface area contributed by atoms with E-state index in [1.54, 1.807) is 12.4 Å². The van der Waals surface area contributed by atoms with Crippen molar-refractivity contribution in [3.05, 3.63) is 44.7 Å². The summed E-state index contributed by atoms with van der Waals surface area (Å²) in [6.07, 6.45) is 3.54. The maximum atomic E-state index is 4.56. The Balaban J connectivity index is 2.23. The highest BCUT2D eigenvalue weighted by atomic mass is 127. The number of nitrogens with one attached hydrogen (secondary N) is 1. The van der Waals surface area contributed by atoms with Crippen molar-refractivity contribution >= 4 is 49.6 Å². The van der Waals surface area contributed by atoms with Crippen molar-refractivity contribution in [2.24, 2.45) is 0 Å². The minimum atomic E-state index is 0.874. The van der Waals surface area contributed by atoms with Crippen molar-refractivity contribution in [3.63, 3.8) is 0 Å². The molecule has 0 aliphatic heterocycles. The Morgan fingerprint density at radius 2 is 2.12 bits per heavy atom. The van der Waals surface area contributed by atoms with Crippen LogP contribution in [0, 0.1) is 3.57 Å². The third-order valence-electron chi connectivity index (χ3n) is 2.47. The first kappa shape index (κ1) is 11.2. The summed E-state index contributed by atoms with van der Waals surface area (Å²) >= 11 is 5.79. The predicted molar refractivity (Wildman–Crippen MR) is 79.7 cm³/mol. The molecule has 0 unspecified atom stereocenters. The van der Waals surface area contributed by atoms with Gasteiger partial charge >= 0.3 is 0 Å². The lowest BCUT2D eigenvalue weighted by Crippen LogP contribution is -1.84. The van der Waals surface area contributed by atoms with Gasteiger partial charge < -0.3 is 4.98 Å². The van der Waals surface area contributed by atoms with E-state index in [1.165, 1.54) is 0 Å². The average molecular weight is 400 g/mol. The van der Waals surface area contributed by atoms with E-state index in [-0.39, 0.29) is 0 Å². The maximum absolute atomic E-state index is 4.56. The number of rotatable bonds is 1. The molecule has 2 heterocycles. The van der Waals surface area contributed by atoms with E-state index >= 15 is 0 Å². The van der Waals surface area contributed by atoms with Crippen LogP contribution in [0.5, 0.6) is 0 Å². The van der Waals surface area contributed by atoms with E-state index in [4.69, 9.17) is 0 Å². The second-order valence-corrected chi connectivity index (χ2v) is 5.68. The Labute approximate surface area is 120 Å². The molecule has 17 heavy (non-hydrogen) atoms. The van der Waals surface area contributed by atoms with E-state index in [2.05, 4.69) is 65.6 Å². The van der Waals surface area contributed by atoms with E-state index in [0.717, 1.165) is 30.5 Å². The molecule has 3 rings (SSSR count). The topological polar surface area (TPSA) is 41.6 Å². The first-order valence-electron chi connectivity index (χ1n) is 4.99. The quantitative estimate of drug-likeness (QED) is 0.628. The van der Waals surface area contributed by atoms with Crippen LogP contribution < -0.4 is 0 Å². The van der Waals surface area contributed by atoms with Crippen LogP contribution in [0.3, 0.4) is 0 Å². The number of fused-ring (bicyclic) bond motifs is 1. The number of halogens is 2. The van der Waals surface area contributed by atoms with Gasteiger partial charge in [0.05, 0.1) is 17.2 Å². The van der Waals surface area contributed by atoms with Gasteiger partial charge in [-0.25, -0.2) is 4.98 Å². The lowest BCUT2D eigenvalue weighted by atomic mass is 10.2. The molecule has 0 atom stereocenters. The SMILES string of the molecule is Brc1ccc(I)c(-c2nc3ccncc3[nH]2)c1. The Morgan fingerprint density at radius 3 is 2.94 bits per heavy atom. The van der Waals surface area contributed by atoms with E-state index in [1.807, 2.05) is 12.1 Å². The molecule has 0 saturated carbocycles. The minimum absolute atomic E-state index is 0.874. The molecule has 2 aromatic heterocycles. The van der Waals surface area contributed by atoms with Crippen molar-refractivity contribution in [2.45, 2.75) is 0 Å². The van der Waals surface area contributed by atoms with E-state index in [0.29, 0.717) is 0 Å². The number of hydrogen-bond donors (Lipinski definition) is 1. The summed E-state index contributed by atoms with van der Waals surface area (Å²) in [5.74, 6) is 0.874. The second-order valence-electron chi connectivity index (χ2n) is 3.60. The Hall–Kier alpha value is -0.950. The molecular weight excluding hydrogens is 393 g/mol. The van der Waals surface area contributed by atoms with Crippen LogP contribution in [-0.4, -0.2) is 15.0 Å². The molecule has 0 radical (unpaired) electrons. The first-order valence-corrected chi connectivity index (χ1v) is 6.86.